The maximum absolute atomic E-state index is 12.9. The Hall–Kier alpha value is -1.89. The summed E-state index contributed by atoms with van der Waals surface area (Å²) in [4.78, 5) is 25.8. The minimum absolute atomic E-state index is 0.0338. The molecule has 3 N–H and O–H groups in total. The number of hydrazine groups is 1. The lowest BCUT2D eigenvalue weighted by molar-refractivity contribution is -0.123. The number of rotatable bonds is 2. The standard InChI is InChI=1S/C11H10FN3O2S/c12-9-4-6-8(18-9)3-7(13-6)11(17)15-14-10(16)5-1-2-5/h3-5,13H,1-2H2,(H,14,16)(H,15,17). The highest BCUT2D eigenvalue weighted by atomic mass is 32.1. The van der Waals surface area contributed by atoms with Crippen molar-refractivity contribution in [2.24, 2.45) is 5.92 Å². The van der Waals surface area contributed by atoms with Gasteiger partial charge in [0, 0.05) is 12.0 Å². The number of amides is 2. The van der Waals surface area contributed by atoms with Crippen LogP contribution in [0.4, 0.5) is 4.39 Å². The van der Waals surface area contributed by atoms with Gasteiger partial charge in [-0.2, -0.15) is 4.39 Å². The van der Waals surface area contributed by atoms with E-state index in [0.717, 1.165) is 24.2 Å². The minimum atomic E-state index is -0.437. The quantitative estimate of drug-likeness (QED) is 0.722. The molecule has 7 heteroatoms. The minimum Gasteiger partial charge on any atom is -0.350 e. The monoisotopic (exact) mass is 267 g/mol. The topological polar surface area (TPSA) is 74.0 Å². The molecule has 5 nitrogen and oxygen atoms in total. The van der Waals surface area contributed by atoms with Gasteiger partial charge in [0.05, 0.1) is 10.2 Å². The molecule has 0 atom stereocenters. The summed E-state index contributed by atoms with van der Waals surface area (Å²) < 4.78 is 13.6. The van der Waals surface area contributed by atoms with Gasteiger partial charge in [-0.25, -0.2) is 0 Å². The summed E-state index contributed by atoms with van der Waals surface area (Å²) in [6.45, 7) is 0. The molecule has 0 radical (unpaired) electrons. The van der Waals surface area contributed by atoms with Crippen LogP contribution in [-0.2, 0) is 4.79 Å². The molecule has 2 heterocycles. The van der Waals surface area contributed by atoms with Gasteiger partial charge in [0.15, 0.2) is 5.13 Å². The molecule has 94 valence electrons. The zero-order chi connectivity index (χ0) is 12.7. The molecule has 1 aliphatic carbocycles. The molecule has 2 amide bonds. The van der Waals surface area contributed by atoms with Crippen LogP contribution >= 0.6 is 11.3 Å². The summed E-state index contributed by atoms with van der Waals surface area (Å²) in [5, 5.41) is -0.301. The fourth-order valence-corrected chi connectivity index (χ4v) is 2.43. The normalized spacial score (nSPS) is 14.7. The molecular weight excluding hydrogens is 257 g/mol. The average molecular weight is 267 g/mol. The van der Waals surface area contributed by atoms with E-state index in [9.17, 15) is 14.0 Å². The van der Waals surface area contributed by atoms with Crippen molar-refractivity contribution < 1.29 is 14.0 Å². The largest absolute Gasteiger partial charge is 0.350 e. The van der Waals surface area contributed by atoms with Gasteiger partial charge in [0.2, 0.25) is 5.91 Å². The first-order chi connectivity index (χ1) is 8.63. The van der Waals surface area contributed by atoms with Crippen molar-refractivity contribution >= 4 is 33.4 Å². The first-order valence-electron chi connectivity index (χ1n) is 5.52. The van der Waals surface area contributed by atoms with Crippen molar-refractivity contribution in [2.75, 3.05) is 0 Å². The van der Waals surface area contributed by atoms with Crippen LogP contribution < -0.4 is 10.9 Å². The second-order valence-electron chi connectivity index (χ2n) is 4.23. The Morgan fingerprint density at radius 1 is 1.33 bits per heavy atom. The number of halogens is 1. The first kappa shape index (κ1) is 11.2. The molecule has 0 aliphatic heterocycles. The molecular formula is C11H10FN3O2S. The predicted octanol–water partition coefficient (Wildman–Crippen LogP) is 1.54. The highest BCUT2D eigenvalue weighted by Gasteiger charge is 2.29. The highest BCUT2D eigenvalue weighted by molar-refractivity contribution is 7.17. The van der Waals surface area contributed by atoms with Gasteiger partial charge in [0.1, 0.15) is 5.69 Å². The molecule has 0 aromatic carbocycles. The second-order valence-corrected chi connectivity index (χ2v) is 5.26. The van der Waals surface area contributed by atoms with E-state index in [2.05, 4.69) is 15.8 Å². The van der Waals surface area contributed by atoms with E-state index in [0.29, 0.717) is 15.9 Å². The summed E-state index contributed by atoms with van der Waals surface area (Å²) in [6, 6.07) is 2.89. The number of fused-ring (bicyclic) bond motifs is 1. The Balaban J connectivity index is 1.67. The van der Waals surface area contributed by atoms with Gasteiger partial charge in [0.25, 0.3) is 5.91 Å². The van der Waals surface area contributed by atoms with Crippen LogP contribution in [0.25, 0.3) is 10.2 Å². The third kappa shape index (κ3) is 2.08. The molecule has 1 aliphatic rings. The maximum Gasteiger partial charge on any atom is 0.286 e. The van der Waals surface area contributed by atoms with Gasteiger partial charge >= 0.3 is 0 Å². The van der Waals surface area contributed by atoms with Crippen LogP contribution in [0, 0.1) is 11.0 Å². The third-order valence-corrected chi connectivity index (χ3v) is 3.64. The first-order valence-corrected chi connectivity index (χ1v) is 6.33. The Labute approximate surface area is 105 Å². The summed E-state index contributed by atoms with van der Waals surface area (Å²) in [5.41, 5.74) is 5.57. The molecule has 0 spiro atoms. The van der Waals surface area contributed by atoms with E-state index in [4.69, 9.17) is 0 Å². The Kier molecular flexibility index (Phi) is 2.55. The van der Waals surface area contributed by atoms with Crippen LogP contribution in [-0.4, -0.2) is 16.8 Å². The number of hydrogen-bond acceptors (Lipinski definition) is 3. The molecule has 0 saturated heterocycles. The lowest BCUT2D eigenvalue weighted by atomic mass is 10.4. The zero-order valence-corrected chi connectivity index (χ0v) is 10.1. The highest BCUT2D eigenvalue weighted by Crippen LogP contribution is 2.28. The number of hydrogen-bond donors (Lipinski definition) is 3. The number of aromatic amines is 1. The van der Waals surface area contributed by atoms with Gasteiger partial charge in [-0.15, -0.1) is 11.3 Å². The third-order valence-electron chi connectivity index (χ3n) is 2.77. The number of carbonyl (C=O) groups is 2. The van der Waals surface area contributed by atoms with E-state index in [-0.39, 0.29) is 17.0 Å². The number of thiophene rings is 1. The molecule has 3 rings (SSSR count). The lowest BCUT2D eigenvalue weighted by Gasteiger charge is -2.04. The van der Waals surface area contributed by atoms with Crippen molar-refractivity contribution in [1.82, 2.24) is 15.8 Å². The van der Waals surface area contributed by atoms with E-state index in [1.807, 2.05) is 0 Å². The number of nitrogens with one attached hydrogen (secondary N) is 3. The van der Waals surface area contributed by atoms with Gasteiger partial charge in [-0.1, -0.05) is 0 Å². The molecule has 18 heavy (non-hydrogen) atoms. The van der Waals surface area contributed by atoms with Crippen molar-refractivity contribution in [3.63, 3.8) is 0 Å². The lowest BCUT2D eigenvalue weighted by Crippen LogP contribution is -2.42. The average Bonchev–Trinajstić information content (AvgIpc) is 3.02. The second kappa shape index (κ2) is 4.09. The van der Waals surface area contributed by atoms with Crippen LogP contribution in [0.3, 0.4) is 0 Å². The zero-order valence-electron chi connectivity index (χ0n) is 9.25. The van der Waals surface area contributed by atoms with Crippen LogP contribution in [0.15, 0.2) is 12.1 Å². The van der Waals surface area contributed by atoms with Gasteiger partial charge in [-0.05, 0) is 18.9 Å². The van der Waals surface area contributed by atoms with Crippen LogP contribution in [0.1, 0.15) is 23.3 Å². The van der Waals surface area contributed by atoms with Crippen molar-refractivity contribution in [1.29, 1.82) is 0 Å². The summed E-state index contributed by atoms with van der Waals surface area (Å²) in [5.74, 6) is -0.567. The Morgan fingerprint density at radius 2 is 2.11 bits per heavy atom. The van der Waals surface area contributed by atoms with Crippen molar-refractivity contribution in [3.05, 3.63) is 23.0 Å². The van der Waals surface area contributed by atoms with Gasteiger partial charge in [-0.3, -0.25) is 20.4 Å². The number of aromatic nitrogens is 1. The van der Waals surface area contributed by atoms with E-state index in [1.54, 1.807) is 6.07 Å². The molecule has 0 unspecified atom stereocenters. The Morgan fingerprint density at radius 3 is 2.78 bits per heavy atom. The SMILES string of the molecule is O=C(NNC(=O)C1CC1)c1cc2sc(F)cc2[nH]1. The number of H-pyrrole nitrogens is 1. The molecule has 2 aromatic heterocycles. The smallest absolute Gasteiger partial charge is 0.286 e. The van der Waals surface area contributed by atoms with E-state index < -0.39 is 5.91 Å². The summed E-state index contributed by atoms with van der Waals surface area (Å²) in [6.07, 6.45) is 1.75. The summed E-state index contributed by atoms with van der Waals surface area (Å²) >= 11 is 0.964. The fourth-order valence-electron chi connectivity index (χ4n) is 1.65. The molecule has 0 bridgehead atoms. The Bertz CT molecular complexity index is 598. The van der Waals surface area contributed by atoms with Crippen molar-refractivity contribution in [2.45, 2.75) is 12.8 Å². The predicted molar refractivity (Wildman–Crippen MR) is 64.5 cm³/mol. The van der Waals surface area contributed by atoms with Crippen molar-refractivity contribution in [3.8, 4) is 0 Å². The maximum atomic E-state index is 12.9. The van der Waals surface area contributed by atoms with Crippen LogP contribution in [0.2, 0.25) is 0 Å². The number of carbonyl (C=O) groups excluding carboxylic acids is 2. The van der Waals surface area contributed by atoms with Crippen LogP contribution in [0.5, 0.6) is 0 Å². The molecule has 1 fully saturated rings. The van der Waals surface area contributed by atoms with Gasteiger partial charge < -0.3 is 4.98 Å². The fraction of sp³-hybridized carbons (Fsp3) is 0.273. The summed E-state index contributed by atoms with van der Waals surface area (Å²) in [7, 11) is 0. The molecule has 1 saturated carbocycles. The molecule has 2 aromatic rings. The van der Waals surface area contributed by atoms with E-state index >= 15 is 0 Å². The van der Waals surface area contributed by atoms with E-state index in [1.165, 1.54) is 6.07 Å².